The van der Waals surface area contributed by atoms with Gasteiger partial charge in [0.25, 0.3) is 5.91 Å². The highest BCUT2D eigenvalue weighted by molar-refractivity contribution is 6.02. The summed E-state index contributed by atoms with van der Waals surface area (Å²) < 4.78 is 13.2. The number of benzene rings is 3. The fourth-order valence-corrected chi connectivity index (χ4v) is 5.30. The van der Waals surface area contributed by atoms with Crippen LogP contribution in [0.3, 0.4) is 0 Å². The number of rotatable bonds is 7. The molecule has 1 aliphatic rings. The zero-order valence-corrected chi connectivity index (χ0v) is 22.7. The number of fused-ring (bicyclic) bond motifs is 1. The van der Waals surface area contributed by atoms with E-state index in [0.717, 1.165) is 39.4 Å². The first-order valence-corrected chi connectivity index (χ1v) is 13.5. The zero-order chi connectivity index (χ0) is 27.5. The van der Waals surface area contributed by atoms with Crippen molar-refractivity contribution >= 4 is 22.8 Å². The molecule has 202 valence electrons. The molecule has 6 rings (SSSR count). The van der Waals surface area contributed by atoms with Crippen molar-refractivity contribution in [1.82, 2.24) is 19.4 Å². The molecule has 1 aliphatic heterocycles. The fourth-order valence-electron chi connectivity index (χ4n) is 5.30. The van der Waals surface area contributed by atoms with Crippen molar-refractivity contribution in [2.75, 3.05) is 44.8 Å². The van der Waals surface area contributed by atoms with E-state index in [1.807, 2.05) is 78.6 Å². The van der Waals surface area contributed by atoms with Gasteiger partial charge in [0.15, 0.2) is 5.65 Å². The van der Waals surface area contributed by atoms with Crippen LogP contribution in [0.1, 0.15) is 17.3 Å². The van der Waals surface area contributed by atoms with Gasteiger partial charge < -0.3 is 23.8 Å². The van der Waals surface area contributed by atoms with E-state index in [0.29, 0.717) is 44.1 Å². The predicted molar refractivity (Wildman–Crippen MR) is 157 cm³/mol. The number of amides is 1. The lowest BCUT2D eigenvalue weighted by molar-refractivity contribution is 0.0743. The van der Waals surface area contributed by atoms with Crippen molar-refractivity contribution in [3.63, 3.8) is 0 Å². The molecule has 0 N–H and O–H groups in total. The minimum Gasteiger partial charge on any atom is -0.496 e. The van der Waals surface area contributed by atoms with Gasteiger partial charge in [0.2, 0.25) is 0 Å². The largest absolute Gasteiger partial charge is 0.496 e. The number of piperazine rings is 1. The molecule has 40 heavy (non-hydrogen) atoms. The molecule has 1 fully saturated rings. The molecule has 0 unspecified atom stereocenters. The number of aromatic nitrogens is 3. The lowest BCUT2D eigenvalue weighted by atomic mass is 10.1. The van der Waals surface area contributed by atoms with Crippen LogP contribution in [0.25, 0.3) is 27.8 Å². The fraction of sp³-hybridized carbons (Fsp3) is 0.219. The number of ether oxygens (including phenoxy) is 2. The number of methoxy groups -OCH3 is 1. The van der Waals surface area contributed by atoms with Crippen LogP contribution in [-0.2, 0) is 0 Å². The van der Waals surface area contributed by atoms with Crippen LogP contribution in [0.2, 0.25) is 0 Å². The first kappa shape index (κ1) is 25.4. The number of hydrogen-bond acceptors (Lipinski definition) is 6. The summed E-state index contributed by atoms with van der Waals surface area (Å²) in [5.74, 6) is 2.28. The van der Waals surface area contributed by atoms with Gasteiger partial charge in [-0.25, -0.2) is 9.97 Å². The first-order chi connectivity index (χ1) is 19.7. The zero-order valence-electron chi connectivity index (χ0n) is 22.7. The smallest absolute Gasteiger partial charge is 0.257 e. The molecule has 2 aromatic heterocycles. The monoisotopic (exact) mass is 533 g/mol. The number of para-hydroxylation sites is 1. The second-order valence-electron chi connectivity index (χ2n) is 9.58. The Morgan fingerprint density at radius 1 is 0.875 bits per heavy atom. The first-order valence-electron chi connectivity index (χ1n) is 13.5. The average molecular weight is 534 g/mol. The van der Waals surface area contributed by atoms with Crippen LogP contribution < -0.4 is 14.4 Å². The molecule has 3 aromatic carbocycles. The van der Waals surface area contributed by atoms with Gasteiger partial charge in [-0.3, -0.25) is 4.79 Å². The molecule has 0 spiro atoms. The summed E-state index contributed by atoms with van der Waals surface area (Å²) in [5.41, 5.74) is 4.57. The van der Waals surface area contributed by atoms with Gasteiger partial charge in [0.05, 0.1) is 24.7 Å². The maximum atomic E-state index is 13.3. The Bertz CT molecular complexity index is 1620. The van der Waals surface area contributed by atoms with Gasteiger partial charge in [-0.1, -0.05) is 42.5 Å². The molecule has 0 aliphatic carbocycles. The molecule has 3 heterocycles. The summed E-state index contributed by atoms with van der Waals surface area (Å²) in [4.78, 5) is 26.9. The molecule has 8 nitrogen and oxygen atoms in total. The van der Waals surface area contributed by atoms with E-state index in [-0.39, 0.29) is 5.91 Å². The van der Waals surface area contributed by atoms with Gasteiger partial charge in [0, 0.05) is 43.6 Å². The SMILES string of the molecule is CCOc1ccc(-n2cc(-c3ccccc3)c3c(N4CCN(C(=O)c5ccccc5OC)CC4)ncnc32)cc1. The van der Waals surface area contributed by atoms with E-state index in [9.17, 15) is 4.79 Å². The van der Waals surface area contributed by atoms with E-state index in [4.69, 9.17) is 19.4 Å². The van der Waals surface area contributed by atoms with Gasteiger partial charge in [0.1, 0.15) is 23.6 Å². The second kappa shape index (κ2) is 11.1. The Kier molecular flexibility index (Phi) is 7.06. The standard InChI is InChI=1S/C32H31N5O3/c1-3-40-25-15-13-24(14-16-25)37-21-27(23-9-5-4-6-10-23)29-30(33-22-34-31(29)37)35-17-19-36(20-18-35)32(38)26-11-7-8-12-28(26)39-2/h4-16,21-22H,3,17-20H2,1-2H3. The van der Waals surface area contributed by atoms with E-state index < -0.39 is 0 Å². The number of hydrogen-bond donors (Lipinski definition) is 0. The average Bonchev–Trinajstić information content (AvgIpc) is 3.42. The number of carbonyl (C=O) groups excluding carboxylic acids is 1. The highest BCUT2D eigenvalue weighted by atomic mass is 16.5. The maximum Gasteiger partial charge on any atom is 0.257 e. The third-order valence-corrected chi connectivity index (χ3v) is 7.28. The normalized spacial score (nSPS) is 13.4. The number of anilines is 1. The highest BCUT2D eigenvalue weighted by Gasteiger charge is 2.27. The number of carbonyl (C=O) groups is 1. The summed E-state index contributed by atoms with van der Waals surface area (Å²) in [6, 6.07) is 25.7. The third kappa shape index (κ3) is 4.73. The van der Waals surface area contributed by atoms with E-state index in [1.165, 1.54) is 0 Å². The second-order valence-corrected chi connectivity index (χ2v) is 9.58. The van der Waals surface area contributed by atoms with Crippen LogP contribution in [-0.4, -0.2) is 65.2 Å². The van der Waals surface area contributed by atoms with Crippen molar-refractivity contribution in [1.29, 1.82) is 0 Å². The quantitative estimate of drug-likeness (QED) is 0.277. The van der Waals surface area contributed by atoms with Crippen LogP contribution in [0, 0.1) is 0 Å². The van der Waals surface area contributed by atoms with Crippen LogP contribution in [0.5, 0.6) is 11.5 Å². The molecule has 1 saturated heterocycles. The summed E-state index contributed by atoms with van der Waals surface area (Å²) in [6.45, 7) is 5.10. The van der Waals surface area contributed by atoms with Gasteiger partial charge in [-0.2, -0.15) is 0 Å². The minimum atomic E-state index is -0.0171. The van der Waals surface area contributed by atoms with Gasteiger partial charge >= 0.3 is 0 Å². The molecule has 1 amide bonds. The van der Waals surface area contributed by atoms with Gasteiger partial charge in [-0.05, 0) is 48.9 Å². The Morgan fingerprint density at radius 3 is 2.33 bits per heavy atom. The van der Waals surface area contributed by atoms with Crippen molar-refractivity contribution < 1.29 is 14.3 Å². The predicted octanol–water partition coefficient (Wildman–Crippen LogP) is 5.46. The van der Waals surface area contributed by atoms with E-state index >= 15 is 0 Å². The summed E-state index contributed by atoms with van der Waals surface area (Å²) >= 11 is 0. The Morgan fingerprint density at radius 2 is 1.60 bits per heavy atom. The lowest BCUT2D eigenvalue weighted by Gasteiger charge is -2.36. The molecular weight excluding hydrogens is 502 g/mol. The van der Waals surface area contributed by atoms with E-state index in [1.54, 1.807) is 13.4 Å². The summed E-state index contributed by atoms with van der Waals surface area (Å²) in [6.07, 6.45) is 3.76. The van der Waals surface area contributed by atoms with Crippen molar-refractivity contribution in [3.8, 4) is 28.3 Å². The lowest BCUT2D eigenvalue weighted by Crippen LogP contribution is -2.49. The summed E-state index contributed by atoms with van der Waals surface area (Å²) in [7, 11) is 1.59. The molecule has 0 radical (unpaired) electrons. The Hall–Kier alpha value is -4.85. The summed E-state index contributed by atoms with van der Waals surface area (Å²) in [5, 5.41) is 0.993. The van der Waals surface area contributed by atoms with Crippen LogP contribution in [0.4, 0.5) is 5.82 Å². The molecule has 0 atom stereocenters. The van der Waals surface area contributed by atoms with Crippen LogP contribution >= 0.6 is 0 Å². The maximum absolute atomic E-state index is 13.3. The third-order valence-electron chi connectivity index (χ3n) is 7.28. The van der Waals surface area contributed by atoms with Crippen molar-refractivity contribution in [3.05, 3.63) is 97.0 Å². The molecule has 5 aromatic rings. The molecule has 0 saturated carbocycles. The minimum absolute atomic E-state index is 0.0171. The highest BCUT2D eigenvalue weighted by Crippen LogP contribution is 2.37. The Labute approximate surface area is 233 Å². The number of nitrogens with zero attached hydrogens (tertiary/aromatic N) is 5. The van der Waals surface area contributed by atoms with Crippen LogP contribution in [0.15, 0.2) is 91.4 Å². The van der Waals surface area contributed by atoms with E-state index in [2.05, 4.69) is 27.8 Å². The Balaban J connectivity index is 1.35. The van der Waals surface area contributed by atoms with Crippen molar-refractivity contribution in [2.24, 2.45) is 0 Å². The van der Waals surface area contributed by atoms with Gasteiger partial charge in [-0.15, -0.1) is 0 Å². The molecule has 0 bridgehead atoms. The molecule has 8 heteroatoms. The topological polar surface area (TPSA) is 72.7 Å². The molecular formula is C32H31N5O3. The van der Waals surface area contributed by atoms with Crippen molar-refractivity contribution in [2.45, 2.75) is 6.92 Å².